The second kappa shape index (κ2) is 5.77. The smallest absolute Gasteiger partial charge is 0.303 e. The summed E-state index contributed by atoms with van der Waals surface area (Å²) in [5.41, 5.74) is 1.87. The van der Waals surface area contributed by atoms with E-state index in [2.05, 4.69) is 4.98 Å². The lowest BCUT2D eigenvalue weighted by Gasteiger charge is -2.10. The molecule has 3 nitrogen and oxygen atoms in total. The number of hydrogen-bond donors (Lipinski definition) is 1. The van der Waals surface area contributed by atoms with Crippen molar-refractivity contribution < 1.29 is 18.7 Å². The maximum atomic E-state index is 13.2. The SMILES string of the molecule is CC(CC(=O)O)c1cncc(-c2ccc(F)c(F)c2)c1. The summed E-state index contributed by atoms with van der Waals surface area (Å²) in [5, 5.41) is 8.79. The van der Waals surface area contributed by atoms with Crippen molar-refractivity contribution >= 4 is 5.97 Å². The van der Waals surface area contributed by atoms with E-state index < -0.39 is 17.6 Å². The Kier molecular flexibility index (Phi) is 4.08. The molecule has 1 N–H and O–H groups in total. The van der Waals surface area contributed by atoms with Crippen LogP contribution in [0.2, 0.25) is 0 Å². The van der Waals surface area contributed by atoms with Gasteiger partial charge in [0.25, 0.3) is 0 Å². The van der Waals surface area contributed by atoms with Crippen LogP contribution < -0.4 is 0 Å². The largest absolute Gasteiger partial charge is 0.481 e. The molecule has 0 aliphatic carbocycles. The van der Waals surface area contributed by atoms with E-state index in [0.717, 1.165) is 17.7 Å². The van der Waals surface area contributed by atoms with E-state index in [0.29, 0.717) is 11.1 Å². The average Bonchev–Trinajstić information content (AvgIpc) is 2.41. The van der Waals surface area contributed by atoms with Crippen molar-refractivity contribution in [2.45, 2.75) is 19.3 Å². The fourth-order valence-electron chi connectivity index (χ4n) is 1.94. The van der Waals surface area contributed by atoms with Gasteiger partial charge in [-0.05, 0) is 35.2 Å². The first-order valence-electron chi connectivity index (χ1n) is 6.09. The fraction of sp³-hybridized carbons (Fsp3) is 0.200. The van der Waals surface area contributed by atoms with Crippen LogP contribution >= 0.6 is 0 Å². The number of nitrogens with zero attached hydrogens (tertiary/aromatic N) is 1. The normalized spacial score (nSPS) is 12.2. The lowest BCUT2D eigenvalue weighted by Crippen LogP contribution is -2.03. The number of benzene rings is 1. The van der Waals surface area contributed by atoms with E-state index in [1.165, 1.54) is 12.3 Å². The maximum Gasteiger partial charge on any atom is 0.303 e. The molecule has 0 aliphatic rings. The number of aromatic nitrogens is 1. The summed E-state index contributed by atoms with van der Waals surface area (Å²) in [6, 6.07) is 5.35. The quantitative estimate of drug-likeness (QED) is 0.928. The molecule has 1 unspecified atom stereocenters. The number of carbonyl (C=O) groups is 1. The number of carboxylic acids is 1. The number of hydrogen-bond acceptors (Lipinski definition) is 2. The molecular formula is C15H13F2NO2. The Bertz CT molecular complexity index is 644. The molecule has 0 saturated carbocycles. The van der Waals surface area contributed by atoms with Gasteiger partial charge in [-0.3, -0.25) is 9.78 Å². The van der Waals surface area contributed by atoms with Crippen LogP contribution in [0.3, 0.4) is 0 Å². The molecule has 2 rings (SSSR count). The number of pyridine rings is 1. The molecule has 1 aromatic heterocycles. The maximum absolute atomic E-state index is 13.2. The van der Waals surface area contributed by atoms with Crippen LogP contribution in [0.1, 0.15) is 24.8 Å². The Balaban J connectivity index is 2.33. The minimum absolute atomic E-state index is 0.0110. The van der Waals surface area contributed by atoms with E-state index in [1.54, 1.807) is 19.2 Å². The Hall–Kier alpha value is -2.30. The van der Waals surface area contributed by atoms with E-state index in [1.807, 2.05) is 0 Å². The Labute approximate surface area is 114 Å². The standard InChI is InChI=1S/C15H13F2NO2/c1-9(4-15(19)20)11-5-12(8-18-7-11)10-2-3-13(16)14(17)6-10/h2-3,5-9H,4H2,1H3,(H,19,20). The van der Waals surface area contributed by atoms with Crippen LogP contribution in [0.25, 0.3) is 11.1 Å². The molecule has 1 heterocycles. The third-order valence-corrected chi connectivity index (χ3v) is 3.06. The highest BCUT2D eigenvalue weighted by atomic mass is 19.2. The third-order valence-electron chi connectivity index (χ3n) is 3.06. The molecule has 1 atom stereocenters. The Morgan fingerprint density at radius 3 is 2.60 bits per heavy atom. The van der Waals surface area contributed by atoms with Crippen molar-refractivity contribution in [1.29, 1.82) is 0 Å². The minimum Gasteiger partial charge on any atom is -0.481 e. The zero-order valence-corrected chi connectivity index (χ0v) is 10.8. The van der Waals surface area contributed by atoms with Crippen LogP contribution in [-0.2, 0) is 4.79 Å². The van der Waals surface area contributed by atoms with Crippen LogP contribution in [0.4, 0.5) is 8.78 Å². The monoisotopic (exact) mass is 277 g/mol. The van der Waals surface area contributed by atoms with Crippen molar-refractivity contribution in [3.63, 3.8) is 0 Å². The Morgan fingerprint density at radius 1 is 1.20 bits per heavy atom. The van der Waals surface area contributed by atoms with Gasteiger partial charge in [-0.25, -0.2) is 8.78 Å². The second-order valence-electron chi connectivity index (χ2n) is 4.63. The molecule has 20 heavy (non-hydrogen) atoms. The fourth-order valence-corrected chi connectivity index (χ4v) is 1.94. The molecule has 0 saturated heterocycles. The molecule has 0 fully saturated rings. The van der Waals surface area contributed by atoms with E-state index in [4.69, 9.17) is 5.11 Å². The summed E-state index contributed by atoms with van der Waals surface area (Å²) in [6.45, 7) is 1.78. The van der Waals surface area contributed by atoms with Gasteiger partial charge in [0.15, 0.2) is 11.6 Å². The molecule has 0 radical (unpaired) electrons. The molecular weight excluding hydrogens is 264 g/mol. The summed E-state index contributed by atoms with van der Waals surface area (Å²) in [7, 11) is 0. The highest BCUT2D eigenvalue weighted by molar-refractivity contribution is 5.68. The lowest BCUT2D eigenvalue weighted by atomic mass is 9.96. The van der Waals surface area contributed by atoms with Gasteiger partial charge in [0, 0.05) is 18.0 Å². The Morgan fingerprint density at radius 2 is 1.95 bits per heavy atom. The number of carboxylic acid groups (broad SMARTS) is 1. The van der Waals surface area contributed by atoms with Crippen LogP contribution in [0.15, 0.2) is 36.7 Å². The molecule has 1 aromatic carbocycles. The van der Waals surface area contributed by atoms with Gasteiger partial charge in [0.1, 0.15) is 0 Å². The highest BCUT2D eigenvalue weighted by Crippen LogP contribution is 2.25. The van der Waals surface area contributed by atoms with Gasteiger partial charge in [-0.2, -0.15) is 0 Å². The zero-order chi connectivity index (χ0) is 14.7. The summed E-state index contributed by atoms with van der Waals surface area (Å²) >= 11 is 0. The first-order chi connectivity index (χ1) is 9.47. The van der Waals surface area contributed by atoms with Crippen LogP contribution in [-0.4, -0.2) is 16.1 Å². The molecule has 0 amide bonds. The van der Waals surface area contributed by atoms with E-state index in [-0.39, 0.29) is 12.3 Å². The van der Waals surface area contributed by atoms with Crippen LogP contribution in [0, 0.1) is 11.6 Å². The predicted molar refractivity (Wildman–Crippen MR) is 70.3 cm³/mol. The molecule has 104 valence electrons. The number of halogens is 2. The minimum atomic E-state index is -0.925. The van der Waals surface area contributed by atoms with E-state index in [9.17, 15) is 13.6 Å². The van der Waals surface area contributed by atoms with Gasteiger partial charge >= 0.3 is 5.97 Å². The lowest BCUT2D eigenvalue weighted by molar-refractivity contribution is -0.137. The molecule has 0 spiro atoms. The van der Waals surface area contributed by atoms with E-state index >= 15 is 0 Å². The van der Waals surface area contributed by atoms with Crippen molar-refractivity contribution in [3.8, 4) is 11.1 Å². The highest BCUT2D eigenvalue weighted by Gasteiger charge is 2.12. The zero-order valence-electron chi connectivity index (χ0n) is 10.8. The van der Waals surface area contributed by atoms with Gasteiger partial charge in [0.05, 0.1) is 6.42 Å². The second-order valence-corrected chi connectivity index (χ2v) is 4.63. The first-order valence-corrected chi connectivity index (χ1v) is 6.09. The van der Waals surface area contributed by atoms with Gasteiger partial charge < -0.3 is 5.11 Å². The van der Waals surface area contributed by atoms with Crippen molar-refractivity contribution in [2.24, 2.45) is 0 Å². The molecule has 0 bridgehead atoms. The molecule has 0 aliphatic heterocycles. The summed E-state index contributed by atoms with van der Waals surface area (Å²) in [5.74, 6) is -2.93. The third kappa shape index (κ3) is 3.17. The van der Waals surface area contributed by atoms with Crippen LogP contribution in [0.5, 0.6) is 0 Å². The summed E-state index contributed by atoms with van der Waals surface area (Å²) < 4.78 is 26.1. The molecule has 5 heteroatoms. The van der Waals surface area contributed by atoms with Crippen molar-refractivity contribution in [3.05, 3.63) is 53.9 Å². The van der Waals surface area contributed by atoms with Gasteiger partial charge in [0.2, 0.25) is 0 Å². The summed E-state index contributed by atoms with van der Waals surface area (Å²) in [4.78, 5) is 14.7. The topological polar surface area (TPSA) is 50.2 Å². The van der Waals surface area contributed by atoms with Gasteiger partial charge in [-0.1, -0.05) is 13.0 Å². The first kappa shape index (κ1) is 14.1. The average molecular weight is 277 g/mol. The predicted octanol–water partition coefficient (Wildman–Crippen LogP) is 3.61. The summed E-state index contributed by atoms with van der Waals surface area (Å²) in [6.07, 6.45) is 3.10. The number of aliphatic carboxylic acids is 1. The molecule has 2 aromatic rings. The van der Waals surface area contributed by atoms with Gasteiger partial charge in [-0.15, -0.1) is 0 Å². The number of rotatable bonds is 4. The van der Waals surface area contributed by atoms with Crippen molar-refractivity contribution in [1.82, 2.24) is 4.98 Å². The van der Waals surface area contributed by atoms with Crippen molar-refractivity contribution in [2.75, 3.05) is 0 Å².